The maximum atomic E-state index is 14.2. The van der Waals surface area contributed by atoms with E-state index in [1.807, 2.05) is 39.8 Å². The summed E-state index contributed by atoms with van der Waals surface area (Å²) >= 11 is 0. The summed E-state index contributed by atoms with van der Waals surface area (Å²) in [6, 6.07) is 28.7. The first kappa shape index (κ1) is 40.3. The first-order chi connectivity index (χ1) is 28.3. The van der Waals surface area contributed by atoms with Crippen LogP contribution in [0.2, 0.25) is 0 Å². The number of hydrogen-bond acceptors (Lipinski definition) is 10. The minimum absolute atomic E-state index is 0.0679. The maximum Gasteiger partial charge on any atom is 0.337 e. The van der Waals surface area contributed by atoms with Gasteiger partial charge in [0, 0.05) is 36.5 Å². The normalized spacial score (nSPS) is 17.3. The van der Waals surface area contributed by atoms with Crippen LogP contribution in [0.25, 0.3) is 11.0 Å². The Morgan fingerprint density at radius 3 is 2.14 bits per heavy atom. The summed E-state index contributed by atoms with van der Waals surface area (Å²) in [5, 5.41) is 0. The molecule has 5 aromatic rings. The fourth-order valence-electron chi connectivity index (χ4n) is 8.49. The van der Waals surface area contributed by atoms with Gasteiger partial charge in [0.15, 0.2) is 17.3 Å². The monoisotopic (exact) mass is 788 g/mol. The maximum absolute atomic E-state index is 14.2. The van der Waals surface area contributed by atoms with Crippen LogP contribution in [0.1, 0.15) is 69.0 Å². The van der Waals surface area contributed by atoms with Gasteiger partial charge in [0.25, 0.3) is 5.91 Å². The van der Waals surface area contributed by atoms with E-state index in [1.165, 1.54) is 12.7 Å². The molecule has 2 aliphatic rings. The van der Waals surface area contributed by atoms with Crippen molar-refractivity contribution in [2.24, 2.45) is 5.92 Å². The minimum Gasteiger partial charge on any atom is -0.494 e. The average Bonchev–Trinajstić information content (AvgIpc) is 3.89. The Hall–Kier alpha value is -5.88. The number of ketones is 1. The van der Waals surface area contributed by atoms with Gasteiger partial charge in [-0.15, -0.1) is 0 Å². The SMILES string of the molecule is COC(=O)c1ccc(OCCCn2c(C(=O)C3CCN(CCC4(c5ccccc5)CCN(C(=O)c5cc(OC)c(OC)c(OC)c5)C4)CC3)nc3ccccc32)cc1. The van der Waals surface area contributed by atoms with Gasteiger partial charge in [-0.05, 0) is 106 Å². The molecule has 1 amide bonds. The number of piperidine rings is 1. The van der Waals surface area contributed by atoms with Crippen molar-refractivity contribution < 1.29 is 38.1 Å². The van der Waals surface area contributed by atoms with E-state index >= 15 is 0 Å². The number of esters is 1. The molecule has 0 spiro atoms. The molecule has 2 saturated heterocycles. The molecule has 0 N–H and O–H groups in total. The van der Waals surface area contributed by atoms with Gasteiger partial charge in [0.2, 0.25) is 11.5 Å². The van der Waals surface area contributed by atoms with Crippen LogP contribution in [-0.2, 0) is 16.7 Å². The number of imidazole rings is 1. The van der Waals surface area contributed by atoms with Crippen LogP contribution in [0.4, 0.5) is 0 Å². The Morgan fingerprint density at radius 2 is 1.47 bits per heavy atom. The zero-order valence-corrected chi connectivity index (χ0v) is 33.8. The summed E-state index contributed by atoms with van der Waals surface area (Å²) in [5.74, 6) is 2.04. The van der Waals surface area contributed by atoms with Gasteiger partial charge in [0.1, 0.15) is 5.75 Å². The zero-order valence-electron chi connectivity index (χ0n) is 33.8. The predicted octanol–water partition coefficient (Wildman–Crippen LogP) is 7.09. The minimum atomic E-state index is -0.390. The van der Waals surface area contributed by atoms with Crippen molar-refractivity contribution in [1.82, 2.24) is 19.4 Å². The Kier molecular flexibility index (Phi) is 12.6. The third-order valence-electron chi connectivity index (χ3n) is 11.7. The van der Waals surface area contributed by atoms with Gasteiger partial charge >= 0.3 is 5.97 Å². The zero-order chi connectivity index (χ0) is 40.6. The van der Waals surface area contributed by atoms with Crippen LogP contribution in [-0.4, -0.2) is 105 Å². The average molecular weight is 789 g/mol. The number of aromatic nitrogens is 2. The summed E-state index contributed by atoms with van der Waals surface area (Å²) in [7, 11) is 6.01. The van der Waals surface area contributed by atoms with E-state index in [1.54, 1.807) is 57.7 Å². The van der Waals surface area contributed by atoms with Crippen molar-refractivity contribution in [3.05, 3.63) is 114 Å². The Balaban J connectivity index is 0.977. The van der Waals surface area contributed by atoms with Crippen molar-refractivity contribution >= 4 is 28.7 Å². The van der Waals surface area contributed by atoms with E-state index in [0.29, 0.717) is 72.6 Å². The van der Waals surface area contributed by atoms with Crippen LogP contribution in [0, 0.1) is 5.92 Å². The molecule has 0 bridgehead atoms. The summed E-state index contributed by atoms with van der Waals surface area (Å²) in [5.41, 5.74) is 3.74. The standard InChI is InChI=1S/C46H52N4O8/c1-54-39-29-34(30-40(55-2)42(39)56-3)44(52)49-27-22-46(31-49,35-11-6-5-7-12-35)21-26-48-24-19-32(20-25-48)41(51)43-47-37-13-8-9-14-38(37)50(43)23-10-28-58-36-17-15-33(16-18-36)45(53)57-4/h5-9,11-18,29-30,32H,10,19-28,31H2,1-4H3. The molecule has 1 atom stereocenters. The van der Waals surface area contributed by atoms with Crippen molar-refractivity contribution in [2.75, 3.05) is 67.8 Å². The molecule has 1 aromatic heterocycles. The third-order valence-corrected chi connectivity index (χ3v) is 11.7. The predicted molar refractivity (Wildman–Crippen MR) is 220 cm³/mol. The molecule has 2 aliphatic heterocycles. The lowest BCUT2D eigenvalue weighted by Gasteiger charge is -2.36. The number of para-hydroxylation sites is 2. The first-order valence-corrected chi connectivity index (χ1v) is 19.9. The summed E-state index contributed by atoms with van der Waals surface area (Å²) in [6.45, 7) is 4.77. The van der Waals surface area contributed by atoms with Gasteiger partial charge in [0.05, 0.1) is 51.6 Å². The second kappa shape index (κ2) is 18.1. The molecule has 7 rings (SSSR count). The number of amides is 1. The quantitative estimate of drug-likeness (QED) is 0.0583. The smallest absolute Gasteiger partial charge is 0.337 e. The van der Waals surface area contributed by atoms with E-state index in [4.69, 9.17) is 28.7 Å². The van der Waals surface area contributed by atoms with Crippen LogP contribution < -0.4 is 18.9 Å². The Labute approximate surface area is 339 Å². The van der Waals surface area contributed by atoms with Crippen LogP contribution in [0.3, 0.4) is 0 Å². The van der Waals surface area contributed by atoms with Crippen molar-refractivity contribution in [2.45, 2.75) is 44.1 Å². The van der Waals surface area contributed by atoms with E-state index in [9.17, 15) is 14.4 Å². The molecule has 0 radical (unpaired) electrons. The number of carbonyl (C=O) groups excluding carboxylic acids is 3. The summed E-state index contributed by atoms with van der Waals surface area (Å²) in [6.07, 6.45) is 3.94. The number of likely N-dealkylation sites (tertiary alicyclic amines) is 2. The van der Waals surface area contributed by atoms with Crippen molar-refractivity contribution in [3.63, 3.8) is 0 Å². The van der Waals surface area contributed by atoms with E-state index in [2.05, 4.69) is 29.2 Å². The molecular formula is C46H52N4O8. The Morgan fingerprint density at radius 1 is 0.776 bits per heavy atom. The summed E-state index contributed by atoms with van der Waals surface area (Å²) in [4.78, 5) is 49.2. The molecule has 3 heterocycles. The first-order valence-electron chi connectivity index (χ1n) is 19.9. The number of aryl methyl sites for hydroxylation is 1. The molecule has 2 fully saturated rings. The number of rotatable bonds is 16. The Bertz CT molecular complexity index is 2190. The molecule has 12 nitrogen and oxygen atoms in total. The second-order valence-corrected chi connectivity index (χ2v) is 15.1. The van der Waals surface area contributed by atoms with Crippen molar-refractivity contribution in [3.8, 4) is 23.0 Å². The molecule has 304 valence electrons. The number of carbonyl (C=O) groups is 3. The number of nitrogens with zero attached hydrogens (tertiary/aromatic N) is 4. The number of ether oxygens (including phenoxy) is 5. The molecule has 4 aromatic carbocycles. The lowest BCUT2D eigenvalue weighted by atomic mass is 9.76. The highest BCUT2D eigenvalue weighted by Crippen LogP contribution is 2.42. The van der Waals surface area contributed by atoms with Crippen molar-refractivity contribution in [1.29, 1.82) is 0 Å². The highest BCUT2D eigenvalue weighted by Gasteiger charge is 2.42. The molecule has 0 aliphatic carbocycles. The lowest BCUT2D eigenvalue weighted by molar-refractivity contribution is 0.0600. The number of hydrogen-bond donors (Lipinski definition) is 0. The van der Waals surface area contributed by atoms with Gasteiger partial charge in [-0.1, -0.05) is 42.5 Å². The lowest BCUT2D eigenvalue weighted by Crippen LogP contribution is -2.41. The largest absolute Gasteiger partial charge is 0.494 e. The van der Waals surface area contributed by atoms with Crippen LogP contribution >= 0.6 is 0 Å². The molecular weight excluding hydrogens is 737 g/mol. The second-order valence-electron chi connectivity index (χ2n) is 15.1. The van der Waals surface area contributed by atoms with E-state index in [-0.39, 0.29) is 23.0 Å². The number of benzene rings is 4. The van der Waals surface area contributed by atoms with E-state index < -0.39 is 5.97 Å². The van der Waals surface area contributed by atoms with Crippen LogP contribution in [0.5, 0.6) is 23.0 Å². The molecule has 58 heavy (non-hydrogen) atoms. The third kappa shape index (κ3) is 8.52. The molecule has 0 saturated carbocycles. The summed E-state index contributed by atoms with van der Waals surface area (Å²) < 4.78 is 29.3. The highest BCUT2D eigenvalue weighted by atomic mass is 16.5. The van der Waals surface area contributed by atoms with Gasteiger partial charge in [-0.2, -0.15) is 0 Å². The fourth-order valence-corrected chi connectivity index (χ4v) is 8.49. The number of Topliss-reactive ketones (excluding diaryl/α,β-unsaturated/α-hetero) is 1. The fraction of sp³-hybridized carbons (Fsp3) is 0.391. The van der Waals surface area contributed by atoms with E-state index in [0.717, 1.165) is 56.4 Å². The van der Waals surface area contributed by atoms with Gasteiger partial charge in [-0.25, -0.2) is 9.78 Å². The van der Waals surface area contributed by atoms with Crippen LogP contribution in [0.15, 0.2) is 91.0 Å². The van der Waals surface area contributed by atoms with Gasteiger partial charge in [-0.3, -0.25) is 9.59 Å². The topological polar surface area (TPSA) is 122 Å². The molecule has 1 unspecified atom stereocenters. The number of methoxy groups -OCH3 is 4. The highest BCUT2D eigenvalue weighted by molar-refractivity contribution is 5.98. The molecule has 12 heteroatoms. The van der Waals surface area contributed by atoms with Gasteiger partial charge < -0.3 is 38.1 Å². The number of fused-ring (bicyclic) bond motifs is 1.